The smallest absolute Gasteiger partial charge is 0.193 e. The molecule has 224 valence electrons. The minimum absolute atomic E-state index is 0.129. The number of benzene rings is 5. The van der Waals surface area contributed by atoms with Crippen LogP contribution in [0.5, 0.6) is 0 Å². The number of fused-ring (bicyclic) bond motifs is 5. The van der Waals surface area contributed by atoms with Crippen molar-refractivity contribution in [3.05, 3.63) is 154 Å². The van der Waals surface area contributed by atoms with Crippen molar-refractivity contribution in [2.24, 2.45) is 5.92 Å². The quantitative estimate of drug-likeness (QED) is 0.135. The third-order valence-corrected chi connectivity index (χ3v) is 12.9. The van der Waals surface area contributed by atoms with Crippen LogP contribution >= 0.6 is 22.6 Å². The summed E-state index contributed by atoms with van der Waals surface area (Å²) in [5.74, 6) is 2.01. The minimum atomic E-state index is -0.244. The lowest BCUT2D eigenvalue weighted by molar-refractivity contribution is 0.103. The van der Waals surface area contributed by atoms with Crippen molar-refractivity contribution >= 4 is 28.4 Å². The van der Waals surface area contributed by atoms with Gasteiger partial charge >= 0.3 is 0 Å². The van der Waals surface area contributed by atoms with Gasteiger partial charge in [0, 0.05) is 20.5 Å². The second-order valence-corrected chi connectivity index (χ2v) is 16.2. The fourth-order valence-electron chi connectivity index (χ4n) is 9.03. The lowest BCUT2D eigenvalue weighted by Gasteiger charge is -2.41. The Labute approximate surface area is 281 Å². The molecule has 3 aliphatic rings. The van der Waals surface area contributed by atoms with Crippen LogP contribution in [0.15, 0.2) is 115 Å². The number of hydrogen-bond acceptors (Lipinski definition) is 1. The molecule has 0 heterocycles. The van der Waals surface area contributed by atoms with Gasteiger partial charge in [0.15, 0.2) is 5.78 Å². The van der Waals surface area contributed by atoms with Gasteiger partial charge in [-0.05, 0) is 98.2 Å². The summed E-state index contributed by atoms with van der Waals surface area (Å²) in [7, 11) is 0. The van der Waals surface area contributed by atoms with E-state index < -0.39 is 0 Å². The van der Waals surface area contributed by atoms with E-state index in [-0.39, 0.29) is 16.6 Å². The second-order valence-electron chi connectivity index (χ2n) is 14.6. The second kappa shape index (κ2) is 10.5. The highest BCUT2D eigenvalue weighted by atomic mass is 127. The molecule has 3 aliphatic carbocycles. The Bertz CT molecular complexity index is 1980. The number of halogens is 1. The average molecular weight is 699 g/mol. The van der Waals surface area contributed by atoms with E-state index in [2.05, 4.69) is 141 Å². The molecule has 1 fully saturated rings. The van der Waals surface area contributed by atoms with Crippen LogP contribution in [0.3, 0.4) is 0 Å². The first-order chi connectivity index (χ1) is 21.6. The Morgan fingerprint density at radius 3 is 1.98 bits per heavy atom. The summed E-state index contributed by atoms with van der Waals surface area (Å²) < 4.78 is 0.610. The van der Waals surface area contributed by atoms with Gasteiger partial charge in [-0.2, -0.15) is 0 Å². The van der Waals surface area contributed by atoms with Crippen LogP contribution < -0.4 is 0 Å². The van der Waals surface area contributed by atoms with E-state index in [9.17, 15) is 4.79 Å². The zero-order valence-corrected chi connectivity index (χ0v) is 28.6. The van der Waals surface area contributed by atoms with Crippen molar-refractivity contribution in [1.82, 2.24) is 0 Å². The lowest BCUT2D eigenvalue weighted by atomic mass is 9.65. The van der Waals surface area contributed by atoms with Gasteiger partial charge in [0.1, 0.15) is 0 Å². The van der Waals surface area contributed by atoms with E-state index in [1.54, 1.807) is 11.1 Å². The lowest BCUT2D eigenvalue weighted by Crippen LogP contribution is -2.35. The molecule has 0 spiro atoms. The molecule has 0 amide bonds. The van der Waals surface area contributed by atoms with Gasteiger partial charge in [0.05, 0.1) is 0 Å². The largest absolute Gasteiger partial charge is 0.289 e. The highest BCUT2D eigenvalue weighted by molar-refractivity contribution is 14.1. The average Bonchev–Trinajstić information content (AvgIpc) is 3.28. The summed E-state index contributed by atoms with van der Waals surface area (Å²) in [6, 6.07) is 42.0. The highest BCUT2D eigenvalue weighted by Gasteiger charge is 2.50. The highest BCUT2D eigenvalue weighted by Crippen LogP contribution is 2.60. The molecule has 2 heteroatoms. The molecule has 0 bridgehead atoms. The number of carbonyl (C=O) groups is 1. The molecule has 8 rings (SSSR count). The molecule has 0 N–H and O–H groups in total. The van der Waals surface area contributed by atoms with Crippen molar-refractivity contribution in [2.75, 3.05) is 0 Å². The maximum atomic E-state index is 13.4. The molecule has 0 saturated heterocycles. The first-order valence-corrected chi connectivity index (χ1v) is 17.6. The zero-order chi connectivity index (χ0) is 31.1. The number of rotatable bonds is 3. The van der Waals surface area contributed by atoms with Gasteiger partial charge in [-0.1, -0.05) is 153 Å². The molecule has 5 aromatic rings. The summed E-state index contributed by atoms with van der Waals surface area (Å²) >= 11 is 2.75. The maximum Gasteiger partial charge on any atom is 0.193 e. The Balaban J connectivity index is 1.11. The summed E-state index contributed by atoms with van der Waals surface area (Å²) in [4.78, 5) is 13.4. The van der Waals surface area contributed by atoms with Crippen LogP contribution in [0, 0.1) is 5.92 Å². The third-order valence-electron chi connectivity index (χ3n) is 11.5. The molecule has 45 heavy (non-hydrogen) atoms. The van der Waals surface area contributed by atoms with Crippen LogP contribution in [-0.4, -0.2) is 9.71 Å². The number of ketones is 1. The van der Waals surface area contributed by atoms with E-state index in [1.165, 1.54) is 35.1 Å². The van der Waals surface area contributed by atoms with Gasteiger partial charge in [-0.3, -0.25) is 4.79 Å². The SMILES string of the molecule is CC1(C)c2ccccc2C(=O)c2ccc(-c3cccc(-c4cccc(C5CC6C(CC5I)c5ccccc5C6(C)C)c4)c3)cc21. The zero-order valence-electron chi connectivity index (χ0n) is 26.5. The Hall–Kier alpha value is -3.50. The van der Waals surface area contributed by atoms with E-state index >= 15 is 0 Å². The van der Waals surface area contributed by atoms with Crippen LogP contribution in [0.2, 0.25) is 0 Å². The third kappa shape index (κ3) is 4.50. The number of alkyl halides is 1. The number of carbonyl (C=O) groups excluding carboxylic acids is 1. The standard InChI is InChI=1S/C43H39IO/c1-42(2)36-17-7-5-15-31(36)35-25-40(44)34(24-39(35)42)30-14-10-13-28(22-30)26-11-9-12-27(21-26)29-19-20-33-38(23-29)43(3,4)37-18-8-6-16-32(37)41(33)45/h5-23,34-35,39-40H,24-25H2,1-4H3. The van der Waals surface area contributed by atoms with Crippen molar-refractivity contribution in [2.45, 2.75) is 67.1 Å². The Morgan fingerprint density at radius 1 is 0.578 bits per heavy atom. The van der Waals surface area contributed by atoms with Gasteiger partial charge in [-0.25, -0.2) is 0 Å². The van der Waals surface area contributed by atoms with Crippen molar-refractivity contribution in [1.29, 1.82) is 0 Å². The monoisotopic (exact) mass is 698 g/mol. The summed E-state index contributed by atoms with van der Waals surface area (Å²) in [6.07, 6.45) is 2.48. The summed E-state index contributed by atoms with van der Waals surface area (Å²) in [5, 5.41) is 0. The predicted octanol–water partition coefficient (Wildman–Crippen LogP) is 11.3. The summed E-state index contributed by atoms with van der Waals surface area (Å²) in [5.41, 5.74) is 13.3. The van der Waals surface area contributed by atoms with Crippen molar-refractivity contribution < 1.29 is 4.79 Å². The van der Waals surface area contributed by atoms with Crippen molar-refractivity contribution in [3.8, 4) is 22.3 Å². The predicted molar refractivity (Wildman–Crippen MR) is 195 cm³/mol. The van der Waals surface area contributed by atoms with Gasteiger partial charge in [-0.15, -0.1) is 0 Å². The Kier molecular flexibility index (Phi) is 6.77. The van der Waals surface area contributed by atoms with E-state index in [0.29, 0.717) is 21.7 Å². The molecule has 4 atom stereocenters. The topological polar surface area (TPSA) is 17.1 Å². The van der Waals surface area contributed by atoms with Gasteiger partial charge < -0.3 is 0 Å². The first kappa shape index (κ1) is 28.9. The summed E-state index contributed by atoms with van der Waals surface area (Å²) in [6.45, 7) is 9.42. The fourth-order valence-corrected chi connectivity index (χ4v) is 10.3. The number of hydrogen-bond donors (Lipinski definition) is 0. The molecule has 0 aliphatic heterocycles. The molecule has 0 aromatic heterocycles. The van der Waals surface area contributed by atoms with Crippen LogP contribution in [0.25, 0.3) is 22.3 Å². The van der Waals surface area contributed by atoms with Crippen molar-refractivity contribution in [3.63, 3.8) is 0 Å². The Morgan fingerprint density at radius 2 is 1.20 bits per heavy atom. The van der Waals surface area contributed by atoms with E-state index in [1.807, 2.05) is 24.3 Å². The maximum absolute atomic E-state index is 13.4. The van der Waals surface area contributed by atoms with Gasteiger partial charge in [0.2, 0.25) is 0 Å². The fraction of sp³-hybridized carbons (Fsp3) is 0.279. The van der Waals surface area contributed by atoms with E-state index in [4.69, 9.17) is 0 Å². The van der Waals surface area contributed by atoms with Crippen LogP contribution in [0.1, 0.15) is 96.1 Å². The molecule has 1 saturated carbocycles. The molecule has 4 unspecified atom stereocenters. The molecular formula is C43H39IO. The first-order valence-electron chi connectivity index (χ1n) is 16.4. The normalized spacial score (nSPS) is 23.9. The molecule has 1 nitrogen and oxygen atoms in total. The molecule has 0 radical (unpaired) electrons. The van der Waals surface area contributed by atoms with E-state index in [0.717, 1.165) is 27.8 Å². The van der Waals surface area contributed by atoms with Crippen LogP contribution in [0.4, 0.5) is 0 Å². The molecular weight excluding hydrogens is 659 g/mol. The molecule has 5 aromatic carbocycles. The van der Waals surface area contributed by atoms with Crippen LogP contribution in [-0.2, 0) is 10.8 Å². The van der Waals surface area contributed by atoms with Gasteiger partial charge in [0.25, 0.3) is 0 Å². The minimum Gasteiger partial charge on any atom is -0.289 e.